The molecule has 4 rings (SSSR count). The monoisotopic (exact) mass is 392 g/mol. The molecule has 2 amide bonds. The van der Waals surface area contributed by atoms with Crippen LogP contribution < -0.4 is 0 Å². The van der Waals surface area contributed by atoms with Gasteiger partial charge in [0.15, 0.2) is 0 Å². The Morgan fingerprint density at radius 3 is 2.52 bits per heavy atom. The maximum absolute atomic E-state index is 12.8. The van der Waals surface area contributed by atoms with E-state index in [9.17, 15) is 9.59 Å². The van der Waals surface area contributed by atoms with Crippen molar-refractivity contribution in [1.29, 1.82) is 0 Å². The molecule has 1 unspecified atom stereocenters. The van der Waals surface area contributed by atoms with Gasteiger partial charge in [-0.1, -0.05) is 18.0 Å². The highest BCUT2D eigenvalue weighted by molar-refractivity contribution is 6.30. The highest BCUT2D eigenvalue weighted by Gasteiger charge is 2.44. The van der Waals surface area contributed by atoms with Crippen molar-refractivity contribution in [1.82, 2.24) is 19.7 Å². The molecule has 1 spiro atoms. The Balaban J connectivity index is 1.36. The lowest BCUT2D eigenvalue weighted by molar-refractivity contribution is -0.136. The predicted octanol–water partition coefficient (Wildman–Crippen LogP) is 2.61. The van der Waals surface area contributed by atoms with Gasteiger partial charge < -0.3 is 14.8 Å². The van der Waals surface area contributed by atoms with Crippen LogP contribution in [0.5, 0.6) is 0 Å². The topological polar surface area (TPSA) is 59.7 Å². The van der Waals surface area contributed by atoms with Crippen molar-refractivity contribution in [3.05, 3.63) is 23.0 Å². The summed E-state index contributed by atoms with van der Waals surface area (Å²) in [6.45, 7) is 5.78. The number of carbonyl (C=O) groups excluding carboxylic acids is 2. The number of amides is 2. The fraction of sp³-hybridized carbons (Fsp3) is 0.700. The first-order valence-corrected chi connectivity index (χ1v) is 10.6. The van der Waals surface area contributed by atoms with Crippen LogP contribution in [0.1, 0.15) is 49.0 Å². The first-order chi connectivity index (χ1) is 13.0. The molecule has 27 heavy (non-hydrogen) atoms. The van der Waals surface area contributed by atoms with Crippen molar-refractivity contribution >= 4 is 23.4 Å². The van der Waals surface area contributed by atoms with E-state index < -0.39 is 0 Å². The summed E-state index contributed by atoms with van der Waals surface area (Å²) in [7, 11) is 0. The van der Waals surface area contributed by atoms with E-state index in [1.807, 2.05) is 4.90 Å². The van der Waals surface area contributed by atoms with Gasteiger partial charge in [0.1, 0.15) is 5.69 Å². The third kappa shape index (κ3) is 4.16. The normalized spacial score (nSPS) is 26.7. The molecular weight excluding hydrogens is 364 g/mol. The van der Waals surface area contributed by atoms with E-state index in [2.05, 4.69) is 14.8 Å². The van der Waals surface area contributed by atoms with Crippen LogP contribution in [-0.4, -0.2) is 77.3 Å². The number of hydrogen-bond donors (Lipinski definition) is 1. The Kier molecular flexibility index (Phi) is 5.46. The molecule has 0 aliphatic carbocycles. The second kappa shape index (κ2) is 7.84. The number of aromatic amines is 1. The number of H-pyrrole nitrogens is 1. The SMILES string of the molecule is O=C(CN1CCCCC1)N1CCCC2(CCN(C(=O)c3cc(Cl)c[nH]3)C2)C1. The van der Waals surface area contributed by atoms with Gasteiger partial charge in [-0.3, -0.25) is 14.5 Å². The Bertz CT molecular complexity index is 700. The van der Waals surface area contributed by atoms with Crippen molar-refractivity contribution in [2.45, 2.75) is 38.5 Å². The highest BCUT2D eigenvalue weighted by Crippen LogP contribution is 2.39. The molecule has 0 saturated carbocycles. The largest absolute Gasteiger partial charge is 0.356 e. The van der Waals surface area contributed by atoms with Gasteiger partial charge in [-0.25, -0.2) is 0 Å². The van der Waals surface area contributed by atoms with Crippen LogP contribution in [0.4, 0.5) is 0 Å². The van der Waals surface area contributed by atoms with Gasteiger partial charge >= 0.3 is 0 Å². The molecule has 1 atom stereocenters. The summed E-state index contributed by atoms with van der Waals surface area (Å²) in [6.07, 6.45) is 8.43. The van der Waals surface area contributed by atoms with Crippen molar-refractivity contribution in [3.8, 4) is 0 Å². The number of halogens is 1. The number of aromatic nitrogens is 1. The maximum atomic E-state index is 12.8. The van der Waals surface area contributed by atoms with Gasteiger partial charge in [0.05, 0.1) is 11.6 Å². The number of nitrogens with zero attached hydrogens (tertiary/aromatic N) is 3. The van der Waals surface area contributed by atoms with Gasteiger partial charge in [0.25, 0.3) is 5.91 Å². The number of piperidine rings is 2. The summed E-state index contributed by atoms with van der Waals surface area (Å²) >= 11 is 5.94. The van der Waals surface area contributed by atoms with Gasteiger partial charge in [-0.05, 0) is 51.3 Å². The molecule has 1 aromatic rings. The van der Waals surface area contributed by atoms with Gasteiger partial charge in [-0.2, -0.15) is 0 Å². The van der Waals surface area contributed by atoms with E-state index in [-0.39, 0.29) is 17.2 Å². The molecule has 6 nitrogen and oxygen atoms in total. The van der Waals surface area contributed by atoms with E-state index in [1.165, 1.54) is 19.3 Å². The zero-order chi connectivity index (χ0) is 18.9. The van der Waals surface area contributed by atoms with Gasteiger partial charge in [-0.15, -0.1) is 0 Å². The molecule has 4 heterocycles. The van der Waals surface area contributed by atoms with Gasteiger partial charge in [0, 0.05) is 37.8 Å². The summed E-state index contributed by atoms with van der Waals surface area (Å²) in [5.41, 5.74) is 0.605. The molecule has 0 bridgehead atoms. The summed E-state index contributed by atoms with van der Waals surface area (Å²) < 4.78 is 0. The van der Waals surface area contributed by atoms with Crippen LogP contribution >= 0.6 is 11.6 Å². The van der Waals surface area contributed by atoms with E-state index in [0.717, 1.165) is 58.5 Å². The summed E-state index contributed by atoms with van der Waals surface area (Å²) in [6, 6.07) is 1.68. The second-order valence-corrected chi connectivity index (χ2v) is 8.90. The Morgan fingerprint density at radius 2 is 1.78 bits per heavy atom. The molecule has 7 heteroatoms. The average molecular weight is 393 g/mol. The van der Waals surface area contributed by atoms with Crippen LogP contribution in [0.15, 0.2) is 12.3 Å². The number of rotatable bonds is 3. The van der Waals surface area contributed by atoms with Crippen LogP contribution in [0.2, 0.25) is 5.02 Å². The number of likely N-dealkylation sites (tertiary alicyclic amines) is 3. The molecule has 3 fully saturated rings. The first kappa shape index (κ1) is 18.8. The minimum atomic E-state index is 0.00976. The first-order valence-electron chi connectivity index (χ1n) is 10.2. The zero-order valence-electron chi connectivity index (χ0n) is 15.9. The molecule has 1 aromatic heterocycles. The van der Waals surface area contributed by atoms with Crippen molar-refractivity contribution in [2.24, 2.45) is 5.41 Å². The van der Waals surface area contributed by atoms with E-state index >= 15 is 0 Å². The summed E-state index contributed by atoms with van der Waals surface area (Å²) in [5.74, 6) is 0.271. The van der Waals surface area contributed by atoms with E-state index in [4.69, 9.17) is 11.6 Å². The quantitative estimate of drug-likeness (QED) is 0.860. The molecule has 3 aliphatic heterocycles. The number of nitrogens with one attached hydrogen (secondary N) is 1. The van der Waals surface area contributed by atoms with Gasteiger partial charge in [0.2, 0.25) is 5.91 Å². The minimum absolute atomic E-state index is 0.00976. The molecule has 148 valence electrons. The maximum Gasteiger partial charge on any atom is 0.270 e. The number of hydrogen-bond acceptors (Lipinski definition) is 3. The fourth-order valence-corrected chi connectivity index (χ4v) is 5.10. The fourth-order valence-electron chi connectivity index (χ4n) is 4.93. The molecule has 3 saturated heterocycles. The Morgan fingerprint density at radius 1 is 1.00 bits per heavy atom. The summed E-state index contributed by atoms with van der Waals surface area (Å²) in [4.78, 5) is 34.8. The standard InChI is InChI=1S/C20H29ClN4O2/c21-16-11-17(22-12-16)19(27)25-10-6-20(15-25)5-4-9-24(14-20)18(26)13-23-7-2-1-3-8-23/h11-12,22H,1-10,13-15H2. The molecular formula is C20H29ClN4O2. The lowest BCUT2D eigenvalue weighted by Gasteiger charge is -2.41. The average Bonchev–Trinajstić information content (AvgIpc) is 3.29. The smallest absolute Gasteiger partial charge is 0.270 e. The Labute approximate surface area is 165 Å². The highest BCUT2D eigenvalue weighted by atomic mass is 35.5. The third-order valence-electron chi connectivity index (χ3n) is 6.43. The van der Waals surface area contributed by atoms with Crippen molar-refractivity contribution in [2.75, 3.05) is 45.8 Å². The minimum Gasteiger partial charge on any atom is -0.356 e. The molecule has 0 aromatic carbocycles. The lowest BCUT2D eigenvalue weighted by Crippen LogP contribution is -2.50. The molecule has 1 N–H and O–H groups in total. The van der Waals surface area contributed by atoms with Crippen molar-refractivity contribution < 1.29 is 9.59 Å². The van der Waals surface area contributed by atoms with E-state index in [0.29, 0.717) is 17.3 Å². The lowest BCUT2D eigenvalue weighted by atomic mass is 9.79. The number of carbonyl (C=O) groups is 2. The third-order valence-corrected chi connectivity index (χ3v) is 6.64. The molecule has 3 aliphatic rings. The summed E-state index contributed by atoms with van der Waals surface area (Å²) in [5, 5.41) is 0.555. The van der Waals surface area contributed by atoms with Crippen molar-refractivity contribution in [3.63, 3.8) is 0 Å². The van der Waals surface area contributed by atoms with E-state index in [1.54, 1.807) is 12.3 Å². The van der Waals surface area contributed by atoms with Crippen LogP contribution in [0.25, 0.3) is 0 Å². The predicted molar refractivity (Wildman–Crippen MR) is 105 cm³/mol. The van der Waals surface area contributed by atoms with Crippen LogP contribution in [0.3, 0.4) is 0 Å². The second-order valence-electron chi connectivity index (χ2n) is 8.46. The zero-order valence-corrected chi connectivity index (χ0v) is 16.6. The molecule has 0 radical (unpaired) electrons. The van der Waals surface area contributed by atoms with Crippen LogP contribution in [0, 0.1) is 5.41 Å². The van der Waals surface area contributed by atoms with Crippen LogP contribution in [-0.2, 0) is 4.79 Å². The Hall–Kier alpha value is -1.53.